The quantitative estimate of drug-likeness (QED) is 0.477. The summed E-state index contributed by atoms with van der Waals surface area (Å²) in [5.41, 5.74) is 5.35. The Morgan fingerprint density at radius 1 is 0.846 bits per heavy atom. The normalized spacial score (nSPS) is 20.7. The van der Waals surface area contributed by atoms with Gasteiger partial charge in [0.2, 0.25) is 0 Å². The molecular weight excluding hydrogens is 336 g/mol. The molecule has 0 N–H and O–H groups in total. The smallest absolute Gasteiger partial charge is 0.183 e. The molecule has 2 aromatic carbocycles. The summed E-state index contributed by atoms with van der Waals surface area (Å²) in [6.45, 7) is 7.90. The summed E-state index contributed by atoms with van der Waals surface area (Å²) < 4.78 is 12.2. The van der Waals surface area contributed by atoms with E-state index in [-0.39, 0.29) is 5.92 Å². The van der Waals surface area contributed by atoms with Gasteiger partial charge in [-0.1, -0.05) is 60.7 Å². The maximum absolute atomic E-state index is 6.25. The highest BCUT2D eigenvalue weighted by atomic mass is 28.4. The van der Waals surface area contributed by atoms with Gasteiger partial charge in [0, 0.05) is 5.92 Å². The van der Waals surface area contributed by atoms with Crippen molar-refractivity contribution in [3.63, 3.8) is 0 Å². The lowest BCUT2D eigenvalue weighted by Gasteiger charge is -2.24. The van der Waals surface area contributed by atoms with Gasteiger partial charge in [0.25, 0.3) is 0 Å². The maximum atomic E-state index is 6.25. The number of fused-ring (bicyclic) bond motifs is 2. The number of benzene rings is 2. The third kappa shape index (κ3) is 3.42. The zero-order valence-corrected chi connectivity index (χ0v) is 16.7. The molecule has 0 aromatic heterocycles. The van der Waals surface area contributed by atoms with Gasteiger partial charge in [0.1, 0.15) is 12.4 Å². The zero-order chi connectivity index (χ0) is 18.1. The molecular formula is C23H26O2Si. The molecule has 26 heavy (non-hydrogen) atoms. The fraction of sp³-hybridized carbons (Fsp3) is 0.304. The Morgan fingerprint density at radius 3 is 2.31 bits per heavy atom. The van der Waals surface area contributed by atoms with Crippen LogP contribution in [0, 0.1) is 0 Å². The molecule has 2 atom stereocenters. The van der Waals surface area contributed by atoms with E-state index in [4.69, 9.17) is 9.16 Å². The highest BCUT2D eigenvalue weighted by Crippen LogP contribution is 2.49. The molecule has 0 radical (unpaired) electrons. The van der Waals surface area contributed by atoms with Crippen molar-refractivity contribution < 1.29 is 9.16 Å². The Morgan fingerprint density at radius 2 is 1.54 bits per heavy atom. The van der Waals surface area contributed by atoms with Gasteiger partial charge >= 0.3 is 0 Å². The van der Waals surface area contributed by atoms with Crippen LogP contribution in [0.25, 0.3) is 12.2 Å². The van der Waals surface area contributed by atoms with Crippen molar-refractivity contribution in [2.75, 3.05) is 13.2 Å². The third-order valence-electron chi connectivity index (χ3n) is 5.02. The van der Waals surface area contributed by atoms with Gasteiger partial charge in [-0.25, -0.2) is 0 Å². The Balaban J connectivity index is 1.57. The lowest BCUT2D eigenvalue weighted by atomic mass is 9.83. The molecule has 0 heterocycles. The second kappa shape index (κ2) is 6.90. The van der Waals surface area contributed by atoms with E-state index < -0.39 is 8.32 Å². The van der Waals surface area contributed by atoms with Crippen molar-refractivity contribution in [2.45, 2.75) is 31.5 Å². The Kier molecular flexibility index (Phi) is 4.59. The largest absolute Gasteiger partial charge is 0.495 e. The second-order valence-electron chi connectivity index (χ2n) is 7.98. The second-order valence-corrected chi connectivity index (χ2v) is 12.5. The van der Waals surface area contributed by atoms with E-state index in [1.165, 1.54) is 22.3 Å². The van der Waals surface area contributed by atoms with Crippen LogP contribution in [0.5, 0.6) is 0 Å². The molecule has 0 saturated heterocycles. The molecule has 3 heteroatoms. The van der Waals surface area contributed by atoms with Gasteiger partial charge in [0.15, 0.2) is 8.32 Å². The summed E-state index contributed by atoms with van der Waals surface area (Å²) in [5, 5.41) is 0. The molecule has 0 amide bonds. The number of allylic oxidation sites excluding steroid dienone is 2. The fourth-order valence-electron chi connectivity index (χ4n) is 3.90. The van der Waals surface area contributed by atoms with Crippen LogP contribution in [0.4, 0.5) is 0 Å². The minimum absolute atomic E-state index is 0.248. The van der Waals surface area contributed by atoms with Crippen LogP contribution in [0.1, 0.15) is 34.1 Å². The first kappa shape index (κ1) is 17.3. The summed E-state index contributed by atoms with van der Waals surface area (Å²) in [7, 11) is -1.50. The first-order chi connectivity index (χ1) is 12.5. The lowest BCUT2D eigenvalue weighted by molar-refractivity contribution is 0.143. The standard InChI is InChI=1S/C23H26O2Si/c1-26(2,3)25-15-14-24-22-16-18-9-5-7-11-20(18)23(22)21-13-12-17-8-4-6-10-19(17)21/h4-13,16,21,23H,14-15H2,1-3H3. The third-order valence-corrected chi connectivity index (χ3v) is 6.09. The minimum atomic E-state index is -1.50. The first-order valence-corrected chi connectivity index (χ1v) is 12.8. The average molecular weight is 363 g/mol. The number of rotatable bonds is 6. The molecule has 0 aliphatic heterocycles. The predicted molar refractivity (Wildman–Crippen MR) is 111 cm³/mol. The molecule has 2 aliphatic rings. The molecule has 134 valence electrons. The van der Waals surface area contributed by atoms with Gasteiger partial charge in [-0.05, 0) is 48.0 Å². The molecule has 0 bridgehead atoms. The molecule has 4 rings (SSSR count). The van der Waals surface area contributed by atoms with Gasteiger partial charge in [-0.3, -0.25) is 0 Å². The lowest BCUT2D eigenvalue weighted by Crippen LogP contribution is -2.27. The van der Waals surface area contributed by atoms with Crippen molar-refractivity contribution in [1.82, 2.24) is 0 Å². The topological polar surface area (TPSA) is 18.5 Å². The molecule has 2 aromatic rings. The van der Waals surface area contributed by atoms with E-state index in [1.54, 1.807) is 0 Å². The Bertz CT molecular complexity index is 861. The van der Waals surface area contributed by atoms with Crippen LogP contribution in [-0.2, 0) is 9.16 Å². The van der Waals surface area contributed by atoms with E-state index in [9.17, 15) is 0 Å². The molecule has 2 nitrogen and oxygen atoms in total. The summed E-state index contributed by atoms with van der Waals surface area (Å²) in [6, 6.07) is 17.3. The van der Waals surface area contributed by atoms with Gasteiger partial charge in [-0.15, -0.1) is 0 Å². The van der Waals surface area contributed by atoms with Gasteiger partial charge in [-0.2, -0.15) is 0 Å². The van der Waals surface area contributed by atoms with E-state index in [0.717, 1.165) is 5.76 Å². The van der Waals surface area contributed by atoms with Crippen molar-refractivity contribution in [2.24, 2.45) is 0 Å². The monoisotopic (exact) mass is 362 g/mol. The van der Waals surface area contributed by atoms with Crippen LogP contribution < -0.4 is 0 Å². The van der Waals surface area contributed by atoms with Crippen LogP contribution in [0.15, 0.2) is 60.4 Å². The molecule has 2 unspecified atom stereocenters. The number of ether oxygens (including phenoxy) is 1. The van der Waals surface area contributed by atoms with Gasteiger partial charge < -0.3 is 9.16 Å². The van der Waals surface area contributed by atoms with Crippen molar-refractivity contribution in [1.29, 1.82) is 0 Å². The zero-order valence-electron chi connectivity index (χ0n) is 15.7. The maximum Gasteiger partial charge on any atom is 0.183 e. The highest BCUT2D eigenvalue weighted by Gasteiger charge is 2.35. The SMILES string of the molecule is C[Si](C)(C)OCCOC1=Cc2ccccc2C1C1C=Cc2ccccc21. The molecule has 0 fully saturated rings. The predicted octanol–water partition coefficient (Wildman–Crippen LogP) is 5.80. The van der Waals surface area contributed by atoms with Crippen LogP contribution in [-0.4, -0.2) is 21.5 Å². The van der Waals surface area contributed by atoms with Gasteiger partial charge in [0.05, 0.1) is 12.5 Å². The summed E-state index contributed by atoms with van der Waals surface area (Å²) in [6.07, 6.45) is 6.78. The van der Waals surface area contributed by atoms with Crippen molar-refractivity contribution >= 4 is 20.5 Å². The van der Waals surface area contributed by atoms with E-state index in [2.05, 4.69) is 86.4 Å². The Hall–Kier alpha value is -2.10. The minimum Gasteiger partial charge on any atom is -0.495 e. The summed E-state index contributed by atoms with van der Waals surface area (Å²) in [4.78, 5) is 0. The van der Waals surface area contributed by atoms with E-state index in [0.29, 0.717) is 19.1 Å². The van der Waals surface area contributed by atoms with E-state index in [1.807, 2.05) is 0 Å². The van der Waals surface area contributed by atoms with Crippen LogP contribution in [0.3, 0.4) is 0 Å². The number of hydrogen-bond donors (Lipinski definition) is 0. The van der Waals surface area contributed by atoms with Crippen molar-refractivity contribution in [3.05, 3.63) is 82.6 Å². The molecule has 0 spiro atoms. The molecule has 0 saturated carbocycles. The first-order valence-electron chi connectivity index (χ1n) is 9.37. The highest BCUT2D eigenvalue weighted by molar-refractivity contribution is 6.69. The van der Waals surface area contributed by atoms with Crippen molar-refractivity contribution in [3.8, 4) is 0 Å². The molecule has 2 aliphatic carbocycles. The summed E-state index contributed by atoms with van der Waals surface area (Å²) >= 11 is 0. The average Bonchev–Trinajstić information content (AvgIpc) is 3.18. The summed E-state index contributed by atoms with van der Waals surface area (Å²) in [5.74, 6) is 1.65. The van der Waals surface area contributed by atoms with E-state index >= 15 is 0 Å². The number of hydrogen-bond acceptors (Lipinski definition) is 2. The van der Waals surface area contributed by atoms with Crippen LogP contribution >= 0.6 is 0 Å². The Labute approximate surface area is 157 Å². The van der Waals surface area contributed by atoms with Crippen LogP contribution in [0.2, 0.25) is 19.6 Å². The fourth-order valence-corrected chi connectivity index (χ4v) is 4.59.